The molecule has 1 fully saturated rings. The fourth-order valence-electron chi connectivity index (χ4n) is 2.30. The standard InChI is InChI=1S/C13H18N2O3/c1-9-7-12(5-6-15(9)13(16)17)18-11-4-2-3-10(14)8-11/h2-4,8-9,12H,5-7,14H2,1H3,(H,16,17). The average molecular weight is 250 g/mol. The Morgan fingerprint density at radius 3 is 2.94 bits per heavy atom. The highest BCUT2D eigenvalue weighted by molar-refractivity contribution is 5.65. The van der Waals surface area contributed by atoms with Gasteiger partial charge >= 0.3 is 6.09 Å². The molecule has 1 aromatic carbocycles. The molecule has 2 rings (SSSR count). The normalized spacial score (nSPS) is 23.7. The quantitative estimate of drug-likeness (QED) is 0.789. The van der Waals surface area contributed by atoms with E-state index in [0.717, 1.165) is 5.75 Å². The number of carboxylic acid groups (broad SMARTS) is 1. The highest BCUT2D eigenvalue weighted by atomic mass is 16.5. The van der Waals surface area contributed by atoms with Gasteiger partial charge in [0.1, 0.15) is 11.9 Å². The number of likely N-dealkylation sites (tertiary alicyclic amines) is 1. The minimum atomic E-state index is -0.857. The Balaban J connectivity index is 1.95. The molecule has 0 aliphatic carbocycles. The van der Waals surface area contributed by atoms with Crippen LogP contribution in [-0.4, -0.2) is 34.8 Å². The molecule has 1 saturated heterocycles. The lowest BCUT2D eigenvalue weighted by molar-refractivity contribution is 0.0605. The zero-order chi connectivity index (χ0) is 13.1. The number of nitrogens with zero attached hydrogens (tertiary/aromatic N) is 1. The number of ether oxygens (including phenoxy) is 1. The first-order chi connectivity index (χ1) is 8.56. The largest absolute Gasteiger partial charge is 0.490 e. The maximum atomic E-state index is 10.9. The molecule has 2 unspecified atom stereocenters. The summed E-state index contributed by atoms with van der Waals surface area (Å²) in [6, 6.07) is 7.30. The van der Waals surface area contributed by atoms with E-state index in [-0.39, 0.29) is 12.1 Å². The van der Waals surface area contributed by atoms with Gasteiger partial charge in [0, 0.05) is 37.2 Å². The summed E-state index contributed by atoms with van der Waals surface area (Å²) >= 11 is 0. The van der Waals surface area contributed by atoms with Crippen LogP contribution in [0.3, 0.4) is 0 Å². The summed E-state index contributed by atoms with van der Waals surface area (Å²) in [5, 5.41) is 8.99. The van der Waals surface area contributed by atoms with Gasteiger partial charge < -0.3 is 20.5 Å². The Hall–Kier alpha value is -1.91. The van der Waals surface area contributed by atoms with E-state index in [9.17, 15) is 4.79 Å². The summed E-state index contributed by atoms with van der Waals surface area (Å²) in [6.45, 7) is 2.42. The zero-order valence-electron chi connectivity index (χ0n) is 10.4. The van der Waals surface area contributed by atoms with Crippen molar-refractivity contribution in [1.82, 2.24) is 4.90 Å². The minimum Gasteiger partial charge on any atom is -0.490 e. The third-order valence-corrected chi connectivity index (χ3v) is 3.23. The lowest BCUT2D eigenvalue weighted by Gasteiger charge is -2.35. The molecule has 0 saturated carbocycles. The molecule has 98 valence electrons. The third kappa shape index (κ3) is 2.85. The number of amides is 1. The van der Waals surface area contributed by atoms with Crippen LogP contribution < -0.4 is 10.5 Å². The molecule has 2 atom stereocenters. The predicted molar refractivity (Wildman–Crippen MR) is 68.7 cm³/mol. The summed E-state index contributed by atoms with van der Waals surface area (Å²) in [5.41, 5.74) is 6.36. The van der Waals surface area contributed by atoms with Gasteiger partial charge in [0.25, 0.3) is 0 Å². The smallest absolute Gasteiger partial charge is 0.407 e. The predicted octanol–water partition coefficient (Wildman–Crippen LogP) is 2.18. The number of benzene rings is 1. The minimum absolute atomic E-state index is 0.0118. The second-order valence-corrected chi connectivity index (χ2v) is 4.66. The number of hydrogen-bond donors (Lipinski definition) is 2. The lowest BCUT2D eigenvalue weighted by Crippen LogP contribution is -2.46. The van der Waals surface area contributed by atoms with Crippen LogP contribution in [0.25, 0.3) is 0 Å². The van der Waals surface area contributed by atoms with E-state index in [1.807, 2.05) is 25.1 Å². The molecule has 0 aromatic heterocycles. The zero-order valence-corrected chi connectivity index (χ0v) is 10.4. The Morgan fingerprint density at radius 1 is 1.56 bits per heavy atom. The molecule has 0 bridgehead atoms. The second kappa shape index (κ2) is 5.16. The SMILES string of the molecule is CC1CC(Oc2cccc(N)c2)CCN1C(=O)O. The van der Waals surface area contributed by atoms with Gasteiger partial charge in [0.2, 0.25) is 0 Å². The van der Waals surface area contributed by atoms with E-state index in [1.165, 1.54) is 4.90 Å². The Morgan fingerprint density at radius 2 is 2.33 bits per heavy atom. The van der Waals surface area contributed by atoms with E-state index < -0.39 is 6.09 Å². The van der Waals surface area contributed by atoms with Crippen molar-refractivity contribution in [2.24, 2.45) is 0 Å². The Kier molecular flexibility index (Phi) is 3.60. The fraction of sp³-hybridized carbons (Fsp3) is 0.462. The maximum Gasteiger partial charge on any atom is 0.407 e. The number of nitrogens with two attached hydrogens (primary N) is 1. The second-order valence-electron chi connectivity index (χ2n) is 4.66. The summed E-state index contributed by atoms with van der Waals surface area (Å²) in [5.74, 6) is 0.746. The van der Waals surface area contributed by atoms with Gasteiger partial charge in [-0.2, -0.15) is 0 Å². The molecule has 1 aromatic rings. The van der Waals surface area contributed by atoms with Crippen LogP contribution >= 0.6 is 0 Å². The molecule has 1 aliphatic rings. The van der Waals surface area contributed by atoms with Crippen molar-refractivity contribution in [2.75, 3.05) is 12.3 Å². The fourth-order valence-corrected chi connectivity index (χ4v) is 2.30. The van der Waals surface area contributed by atoms with Crippen LogP contribution in [0.2, 0.25) is 0 Å². The molecule has 18 heavy (non-hydrogen) atoms. The van der Waals surface area contributed by atoms with Crippen molar-refractivity contribution in [2.45, 2.75) is 31.9 Å². The van der Waals surface area contributed by atoms with Gasteiger partial charge in [0.15, 0.2) is 0 Å². The van der Waals surface area contributed by atoms with E-state index >= 15 is 0 Å². The highest BCUT2D eigenvalue weighted by Crippen LogP contribution is 2.23. The van der Waals surface area contributed by atoms with Crippen molar-refractivity contribution in [3.05, 3.63) is 24.3 Å². The summed E-state index contributed by atoms with van der Waals surface area (Å²) in [4.78, 5) is 12.4. The van der Waals surface area contributed by atoms with Crippen LogP contribution in [0.1, 0.15) is 19.8 Å². The highest BCUT2D eigenvalue weighted by Gasteiger charge is 2.29. The first-order valence-electron chi connectivity index (χ1n) is 6.08. The van der Waals surface area contributed by atoms with Crippen LogP contribution in [0, 0.1) is 0 Å². The topological polar surface area (TPSA) is 75.8 Å². The summed E-state index contributed by atoms with van der Waals surface area (Å²) < 4.78 is 5.84. The van der Waals surface area contributed by atoms with Gasteiger partial charge in [-0.3, -0.25) is 0 Å². The van der Waals surface area contributed by atoms with Crippen molar-refractivity contribution in [3.8, 4) is 5.75 Å². The van der Waals surface area contributed by atoms with Crippen molar-refractivity contribution >= 4 is 11.8 Å². The van der Waals surface area contributed by atoms with Gasteiger partial charge in [-0.15, -0.1) is 0 Å². The van der Waals surface area contributed by atoms with Gasteiger partial charge in [-0.25, -0.2) is 4.79 Å². The average Bonchev–Trinajstić information content (AvgIpc) is 2.28. The Bertz CT molecular complexity index is 436. The lowest BCUT2D eigenvalue weighted by atomic mass is 10.0. The summed E-state index contributed by atoms with van der Waals surface area (Å²) in [7, 11) is 0. The van der Waals surface area contributed by atoms with Crippen LogP contribution in [-0.2, 0) is 0 Å². The van der Waals surface area contributed by atoms with Crippen molar-refractivity contribution in [3.63, 3.8) is 0 Å². The van der Waals surface area contributed by atoms with Crippen LogP contribution in [0.5, 0.6) is 5.75 Å². The van der Waals surface area contributed by atoms with Crippen LogP contribution in [0.4, 0.5) is 10.5 Å². The molecule has 5 nitrogen and oxygen atoms in total. The number of carbonyl (C=O) groups is 1. The van der Waals surface area contributed by atoms with Crippen LogP contribution in [0.15, 0.2) is 24.3 Å². The van der Waals surface area contributed by atoms with E-state index in [1.54, 1.807) is 6.07 Å². The Labute approximate surface area is 106 Å². The van der Waals surface area contributed by atoms with Gasteiger partial charge in [-0.05, 0) is 19.1 Å². The maximum absolute atomic E-state index is 10.9. The summed E-state index contributed by atoms with van der Waals surface area (Å²) in [6.07, 6.45) is 0.620. The number of rotatable bonds is 2. The molecule has 1 amide bonds. The van der Waals surface area contributed by atoms with E-state index in [2.05, 4.69) is 0 Å². The van der Waals surface area contributed by atoms with Gasteiger partial charge in [0.05, 0.1) is 0 Å². The molecule has 0 spiro atoms. The van der Waals surface area contributed by atoms with E-state index in [4.69, 9.17) is 15.6 Å². The number of piperidine rings is 1. The first kappa shape index (κ1) is 12.5. The van der Waals surface area contributed by atoms with E-state index in [0.29, 0.717) is 25.1 Å². The van der Waals surface area contributed by atoms with Crippen molar-refractivity contribution in [1.29, 1.82) is 0 Å². The first-order valence-corrected chi connectivity index (χ1v) is 6.08. The monoisotopic (exact) mass is 250 g/mol. The number of hydrogen-bond acceptors (Lipinski definition) is 3. The molecular weight excluding hydrogens is 232 g/mol. The molecule has 5 heteroatoms. The molecule has 3 N–H and O–H groups in total. The third-order valence-electron chi connectivity index (χ3n) is 3.23. The molecule has 1 heterocycles. The van der Waals surface area contributed by atoms with Crippen molar-refractivity contribution < 1.29 is 14.6 Å². The molecule has 1 aliphatic heterocycles. The number of anilines is 1. The molecular formula is C13H18N2O3. The number of nitrogen functional groups attached to an aromatic ring is 1. The van der Waals surface area contributed by atoms with Gasteiger partial charge in [-0.1, -0.05) is 6.07 Å². The molecule has 0 radical (unpaired) electrons.